The van der Waals surface area contributed by atoms with Crippen LogP contribution in [0.3, 0.4) is 0 Å². The van der Waals surface area contributed by atoms with Crippen LogP contribution in [-0.4, -0.2) is 35.5 Å². The number of hydrogen-bond acceptors (Lipinski definition) is 5. The van der Waals surface area contributed by atoms with E-state index in [0.717, 1.165) is 30.5 Å². The molecule has 3 aliphatic rings. The van der Waals surface area contributed by atoms with E-state index in [-0.39, 0.29) is 48.2 Å². The molecule has 0 aromatic heterocycles. The van der Waals surface area contributed by atoms with Crippen LogP contribution in [0.2, 0.25) is 0 Å². The van der Waals surface area contributed by atoms with Gasteiger partial charge >= 0.3 is 11.9 Å². The highest BCUT2D eigenvalue weighted by molar-refractivity contribution is 5.76. The van der Waals surface area contributed by atoms with E-state index in [4.69, 9.17) is 14.6 Å². The summed E-state index contributed by atoms with van der Waals surface area (Å²) in [4.78, 5) is 34.6. The van der Waals surface area contributed by atoms with Gasteiger partial charge in [0.15, 0.2) is 0 Å². The monoisotopic (exact) mass is 418 g/mol. The first-order valence-electron chi connectivity index (χ1n) is 11.1. The molecule has 0 amide bonds. The van der Waals surface area contributed by atoms with Gasteiger partial charge in [-0.15, -0.1) is 0 Å². The molecule has 2 bridgehead atoms. The highest BCUT2D eigenvalue weighted by Gasteiger charge is 2.63. The lowest BCUT2D eigenvalue weighted by Crippen LogP contribution is -2.51. The predicted molar refractivity (Wildman–Crippen MR) is 111 cm³/mol. The summed E-state index contributed by atoms with van der Waals surface area (Å²) in [5, 5.41) is 8.87. The Balaban J connectivity index is 2.00. The van der Waals surface area contributed by atoms with Gasteiger partial charge in [0, 0.05) is 17.4 Å². The number of carboxylic acids is 1. The smallest absolute Gasteiger partial charge is 0.306 e. The summed E-state index contributed by atoms with van der Waals surface area (Å²) in [7, 11) is 0. The molecular formula is C24H34O6. The van der Waals surface area contributed by atoms with Gasteiger partial charge in [-0.2, -0.15) is 0 Å². The molecule has 2 aliphatic carbocycles. The van der Waals surface area contributed by atoms with Gasteiger partial charge in [0.2, 0.25) is 0 Å². The van der Waals surface area contributed by atoms with E-state index in [1.807, 2.05) is 0 Å². The van der Waals surface area contributed by atoms with Crippen molar-refractivity contribution in [2.75, 3.05) is 0 Å². The maximum atomic E-state index is 12.4. The molecule has 1 aliphatic heterocycles. The maximum absolute atomic E-state index is 12.4. The maximum Gasteiger partial charge on any atom is 0.306 e. The average molecular weight is 419 g/mol. The zero-order valence-electron chi connectivity index (χ0n) is 18.6. The fraction of sp³-hybridized carbons (Fsp3) is 0.708. The molecule has 8 atom stereocenters. The van der Waals surface area contributed by atoms with Gasteiger partial charge in [0.05, 0.1) is 12.8 Å². The Morgan fingerprint density at radius 1 is 1.33 bits per heavy atom. The van der Waals surface area contributed by atoms with Crippen molar-refractivity contribution in [3.63, 3.8) is 0 Å². The molecule has 0 spiro atoms. The molecule has 1 saturated carbocycles. The fourth-order valence-corrected chi connectivity index (χ4v) is 6.40. The molecule has 30 heavy (non-hydrogen) atoms. The van der Waals surface area contributed by atoms with E-state index >= 15 is 0 Å². The Morgan fingerprint density at radius 2 is 2.03 bits per heavy atom. The van der Waals surface area contributed by atoms with Gasteiger partial charge in [-0.3, -0.25) is 14.4 Å². The number of aliphatic carboxylic acids is 1. The molecule has 1 saturated heterocycles. The third-order valence-electron chi connectivity index (χ3n) is 7.64. The molecule has 0 aromatic carbocycles. The lowest BCUT2D eigenvalue weighted by atomic mass is 9.51. The summed E-state index contributed by atoms with van der Waals surface area (Å²) in [5.41, 5.74) is 0.738. The van der Waals surface area contributed by atoms with Crippen molar-refractivity contribution in [2.24, 2.45) is 35.0 Å². The number of ether oxygens (including phenoxy) is 2. The number of allylic oxidation sites excluding steroid dienone is 2. The van der Waals surface area contributed by atoms with Crippen LogP contribution < -0.4 is 0 Å². The number of carboxylic acid groups (broad SMARTS) is 1. The largest absolute Gasteiger partial charge is 0.490 e. The zero-order valence-corrected chi connectivity index (χ0v) is 18.6. The van der Waals surface area contributed by atoms with Gasteiger partial charge < -0.3 is 14.6 Å². The van der Waals surface area contributed by atoms with Crippen molar-refractivity contribution in [2.45, 2.75) is 72.5 Å². The topological polar surface area (TPSA) is 89.9 Å². The number of esters is 1. The van der Waals surface area contributed by atoms with Crippen LogP contribution in [0.25, 0.3) is 0 Å². The standard InChI is InChI=1S/C24H34O6/c1-6-13(2)22-17-12-16-21(24(22,5)18(29-17)9-10-25)14(3)11-15(4)23(16)30-20(28)8-7-19(26)27/h9-10,12-15,17,21-23H,6-8,11H2,1-5H3,(H,26,27)/b18-9-/t13?,14-,15+,17+,21+,22+,23-,24+/m1/s1. The lowest BCUT2D eigenvalue weighted by molar-refractivity contribution is -0.155. The van der Waals surface area contributed by atoms with Crippen LogP contribution in [0.5, 0.6) is 0 Å². The van der Waals surface area contributed by atoms with Crippen LogP contribution in [0.4, 0.5) is 0 Å². The summed E-state index contributed by atoms with van der Waals surface area (Å²) in [5.74, 6) is 0.504. The molecule has 0 radical (unpaired) electrons. The van der Waals surface area contributed by atoms with E-state index in [1.54, 1.807) is 6.08 Å². The van der Waals surface area contributed by atoms with Crippen molar-refractivity contribution < 1.29 is 29.0 Å². The molecular weight excluding hydrogens is 384 g/mol. The van der Waals surface area contributed by atoms with Gasteiger partial charge in [-0.1, -0.05) is 41.0 Å². The second-order valence-electron chi connectivity index (χ2n) is 9.58. The van der Waals surface area contributed by atoms with Gasteiger partial charge in [-0.25, -0.2) is 0 Å². The van der Waals surface area contributed by atoms with Crippen LogP contribution in [0.1, 0.15) is 60.3 Å². The van der Waals surface area contributed by atoms with Crippen LogP contribution >= 0.6 is 0 Å². The molecule has 0 aromatic rings. The molecule has 1 unspecified atom stereocenters. The van der Waals surface area contributed by atoms with E-state index in [9.17, 15) is 14.4 Å². The quantitative estimate of drug-likeness (QED) is 0.289. The minimum Gasteiger partial charge on any atom is -0.490 e. The fourth-order valence-electron chi connectivity index (χ4n) is 6.40. The highest BCUT2D eigenvalue weighted by atomic mass is 16.5. The summed E-state index contributed by atoms with van der Waals surface area (Å²) < 4.78 is 12.2. The molecule has 1 heterocycles. The Hall–Kier alpha value is -2.11. The van der Waals surface area contributed by atoms with Crippen molar-refractivity contribution in [3.8, 4) is 0 Å². The summed E-state index contributed by atoms with van der Waals surface area (Å²) in [6.07, 6.45) is 5.50. The Kier molecular flexibility index (Phi) is 6.44. The molecule has 6 nitrogen and oxygen atoms in total. The minimum atomic E-state index is -1.01. The lowest BCUT2D eigenvalue weighted by Gasteiger charge is -2.52. The van der Waals surface area contributed by atoms with E-state index in [2.05, 4.69) is 40.7 Å². The molecule has 6 heteroatoms. The zero-order chi connectivity index (χ0) is 22.2. The first-order chi connectivity index (χ1) is 14.1. The van der Waals surface area contributed by atoms with Crippen LogP contribution in [0, 0.1) is 35.0 Å². The number of rotatable bonds is 7. The number of hydrogen-bond donors (Lipinski definition) is 1. The second kappa shape index (κ2) is 8.56. The number of carbonyl (C=O) groups is 3. The Bertz CT molecular complexity index is 768. The van der Waals surface area contributed by atoms with Crippen molar-refractivity contribution in [1.82, 2.24) is 0 Å². The van der Waals surface area contributed by atoms with Crippen molar-refractivity contribution in [3.05, 3.63) is 23.5 Å². The summed E-state index contributed by atoms with van der Waals surface area (Å²) >= 11 is 0. The van der Waals surface area contributed by atoms with E-state index in [1.165, 1.54) is 0 Å². The first-order valence-corrected chi connectivity index (χ1v) is 11.1. The number of aldehydes is 1. The highest BCUT2D eigenvalue weighted by Crippen LogP contribution is 2.64. The predicted octanol–water partition coefficient (Wildman–Crippen LogP) is 4.15. The SMILES string of the molecule is CCC(C)[C@H]1[C@@H]2C=C3[C@H]([C@H](C)C[C@H](C)[C@H]3OC(=O)CCC(=O)O)[C@]1(C)/C(=C/C=O)O2. The molecule has 166 valence electrons. The molecule has 2 fully saturated rings. The average Bonchev–Trinajstić information content (AvgIpc) is 2.87. The number of carbonyl (C=O) groups excluding carboxylic acids is 2. The van der Waals surface area contributed by atoms with Gasteiger partial charge in [-0.05, 0) is 41.7 Å². The summed E-state index contributed by atoms with van der Waals surface area (Å²) in [6, 6.07) is 0. The van der Waals surface area contributed by atoms with Gasteiger partial charge in [0.25, 0.3) is 0 Å². The van der Waals surface area contributed by atoms with E-state index in [0.29, 0.717) is 11.8 Å². The molecule has 1 N–H and O–H groups in total. The summed E-state index contributed by atoms with van der Waals surface area (Å²) in [6.45, 7) is 10.9. The Labute approximate surface area is 178 Å². The second-order valence-corrected chi connectivity index (χ2v) is 9.58. The van der Waals surface area contributed by atoms with Crippen LogP contribution in [0.15, 0.2) is 23.5 Å². The van der Waals surface area contributed by atoms with Crippen molar-refractivity contribution >= 4 is 18.2 Å². The van der Waals surface area contributed by atoms with Gasteiger partial charge in [0.1, 0.15) is 24.3 Å². The third kappa shape index (κ3) is 3.69. The first kappa shape index (κ1) is 22.6. The number of fused-ring (bicyclic) bond motifs is 4. The minimum absolute atomic E-state index is 0.106. The van der Waals surface area contributed by atoms with E-state index < -0.39 is 11.9 Å². The third-order valence-corrected chi connectivity index (χ3v) is 7.64. The normalized spacial score (nSPS) is 39.5. The van der Waals surface area contributed by atoms with Crippen molar-refractivity contribution in [1.29, 1.82) is 0 Å². The van der Waals surface area contributed by atoms with Crippen LogP contribution in [-0.2, 0) is 23.9 Å². The Morgan fingerprint density at radius 3 is 2.63 bits per heavy atom. The molecule has 3 rings (SSSR count).